The van der Waals surface area contributed by atoms with Crippen LogP contribution in [0.4, 0.5) is 5.69 Å². The van der Waals surface area contributed by atoms with Gasteiger partial charge in [0.15, 0.2) is 0 Å². The van der Waals surface area contributed by atoms with E-state index in [0.717, 1.165) is 17.0 Å². The fourth-order valence-corrected chi connectivity index (χ4v) is 2.08. The summed E-state index contributed by atoms with van der Waals surface area (Å²) in [4.78, 5) is 0. The van der Waals surface area contributed by atoms with Gasteiger partial charge in [0.05, 0.1) is 17.7 Å². The molecule has 0 aliphatic rings. The van der Waals surface area contributed by atoms with Crippen LogP contribution in [0.3, 0.4) is 0 Å². The molecule has 2 aromatic rings. The number of benzene rings is 2. The van der Waals surface area contributed by atoms with Crippen molar-refractivity contribution >= 4 is 5.69 Å². The van der Waals surface area contributed by atoms with E-state index in [2.05, 4.69) is 18.3 Å². The van der Waals surface area contributed by atoms with Gasteiger partial charge in [0.2, 0.25) is 0 Å². The van der Waals surface area contributed by atoms with E-state index < -0.39 is 0 Å². The van der Waals surface area contributed by atoms with Gasteiger partial charge in [-0.1, -0.05) is 12.1 Å². The van der Waals surface area contributed by atoms with Crippen molar-refractivity contribution in [3.05, 3.63) is 59.7 Å². The lowest BCUT2D eigenvalue weighted by atomic mass is 10.1. The Morgan fingerprint density at radius 1 is 0.952 bits per heavy atom. The van der Waals surface area contributed by atoms with E-state index in [9.17, 15) is 0 Å². The molecule has 0 spiro atoms. The van der Waals surface area contributed by atoms with Crippen molar-refractivity contribution in [3.63, 3.8) is 0 Å². The monoisotopic (exact) mass is 280 g/mol. The molecule has 0 aromatic heterocycles. The quantitative estimate of drug-likeness (QED) is 0.875. The summed E-state index contributed by atoms with van der Waals surface area (Å²) in [6.07, 6.45) is 0.182. The first-order chi connectivity index (χ1) is 10.1. The van der Waals surface area contributed by atoms with Crippen LogP contribution in [0, 0.1) is 11.3 Å². The zero-order valence-corrected chi connectivity index (χ0v) is 12.6. The molecule has 2 rings (SSSR count). The Hall–Kier alpha value is -2.47. The normalized spacial score (nSPS) is 11.8. The Morgan fingerprint density at radius 2 is 1.57 bits per heavy atom. The van der Waals surface area contributed by atoms with Gasteiger partial charge in [-0.25, -0.2) is 0 Å². The average molecular weight is 280 g/mol. The summed E-state index contributed by atoms with van der Waals surface area (Å²) >= 11 is 0. The molecule has 0 heterocycles. The maximum atomic E-state index is 8.81. The molecule has 3 heteroatoms. The predicted molar refractivity (Wildman–Crippen MR) is 85.4 cm³/mol. The Kier molecular flexibility index (Phi) is 4.84. The summed E-state index contributed by atoms with van der Waals surface area (Å²) in [6.45, 7) is 6.12. The van der Waals surface area contributed by atoms with Crippen LogP contribution in [-0.2, 0) is 0 Å². The lowest BCUT2D eigenvalue weighted by Crippen LogP contribution is -2.07. The molecule has 0 saturated carbocycles. The molecule has 1 unspecified atom stereocenters. The number of anilines is 1. The second-order valence-electron chi connectivity index (χ2n) is 5.29. The number of ether oxygens (including phenoxy) is 1. The van der Waals surface area contributed by atoms with Crippen molar-refractivity contribution in [1.29, 1.82) is 5.26 Å². The van der Waals surface area contributed by atoms with Crippen molar-refractivity contribution in [3.8, 4) is 11.8 Å². The summed E-state index contributed by atoms with van der Waals surface area (Å²) < 4.78 is 5.63. The van der Waals surface area contributed by atoms with E-state index in [1.807, 2.05) is 62.4 Å². The predicted octanol–water partition coefficient (Wildman–Crippen LogP) is 4.52. The minimum atomic E-state index is 0.176. The van der Waals surface area contributed by atoms with Crippen LogP contribution in [0.1, 0.15) is 37.9 Å². The fourth-order valence-electron chi connectivity index (χ4n) is 2.08. The summed E-state index contributed by atoms with van der Waals surface area (Å²) in [5.74, 6) is 0.876. The molecule has 0 fully saturated rings. The number of nitriles is 1. The molecule has 3 nitrogen and oxygen atoms in total. The second kappa shape index (κ2) is 6.81. The van der Waals surface area contributed by atoms with E-state index in [-0.39, 0.29) is 12.1 Å². The summed E-state index contributed by atoms with van der Waals surface area (Å²) in [5.41, 5.74) is 2.88. The van der Waals surface area contributed by atoms with Gasteiger partial charge < -0.3 is 10.1 Å². The number of nitrogens with zero attached hydrogens (tertiary/aromatic N) is 1. The van der Waals surface area contributed by atoms with Gasteiger partial charge in [0.1, 0.15) is 5.75 Å². The van der Waals surface area contributed by atoms with Gasteiger partial charge in [-0.3, -0.25) is 0 Å². The van der Waals surface area contributed by atoms with Crippen molar-refractivity contribution < 1.29 is 4.74 Å². The molecule has 1 N–H and O–H groups in total. The fraction of sp³-hybridized carbons (Fsp3) is 0.278. The molecule has 2 aromatic carbocycles. The zero-order chi connectivity index (χ0) is 15.2. The Labute approximate surface area is 126 Å². The van der Waals surface area contributed by atoms with Crippen molar-refractivity contribution in [2.75, 3.05) is 5.32 Å². The van der Waals surface area contributed by atoms with Gasteiger partial charge in [-0.2, -0.15) is 5.26 Å². The lowest BCUT2D eigenvalue weighted by Gasteiger charge is -2.16. The first kappa shape index (κ1) is 14.9. The Balaban J connectivity index is 2.01. The van der Waals surface area contributed by atoms with Crippen molar-refractivity contribution in [2.24, 2.45) is 0 Å². The van der Waals surface area contributed by atoms with Gasteiger partial charge >= 0.3 is 0 Å². The van der Waals surface area contributed by atoms with E-state index in [1.54, 1.807) is 0 Å². The standard InChI is InChI=1S/C18H20N2O/c1-13(2)21-18-10-8-17(9-11-18)20-14(3)16-6-4-15(12-19)5-7-16/h4-11,13-14,20H,1-3H3. The second-order valence-corrected chi connectivity index (χ2v) is 5.29. The molecule has 0 bridgehead atoms. The molecule has 0 aliphatic carbocycles. The molecular weight excluding hydrogens is 260 g/mol. The SMILES string of the molecule is CC(C)Oc1ccc(NC(C)c2ccc(C#N)cc2)cc1. The highest BCUT2D eigenvalue weighted by Crippen LogP contribution is 2.22. The van der Waals surface area contributed by atoms with Crippen LogP contribution in [0.5, 0.6) is 5.75 Å². The molecule has 21 heavy (non-hydrogen) atoms. The summed E-state index contributed by atoms with van der Waals surface area (Å²) in [7, 11) is 0. The van der Waals surface area contributed by atoms with E-state index in [1.165, 1.54) is 0 Å². The first-order valence-corrected chi connectivity index (χ1v) is 7.12. The third-order valence-electron chi connectivity index (χ3n) is 3.15. The molecule has 1 atom stereocenters. The number of nitrogens with one attached hydrogen (secondary N) is 1. The highest BCUT2D eigenvalue weighted by atomic mass is 16.5. The van der Waals surface area contributed by atoms with Crippen molar-refractivity contribution in [1.82, 2.24) is 0 Å². The smallest absolute Gasteiger partial charge is 0.119 e. The lowest BCUT2D eigenvalue weighted by molar-refractivity contribution is 0.242. The first-order valence-electron chi connectivity index (χ1n) is 7.12. The van der Waals surface area contributed by atoms with Crippen LogP contribution in [0.15, 0.2) is 48.5 Å². The van der Waals surface area contributed by atoms with Crippen LogP contribution >= 0.6 is 0 Å². The van der Waals surface area contributed by atoms with Gasteiger partial charge in [0, 0.05) is 11.7 Å². The van der Waals surface area contributed by atoms with E-state index >= 15 is 0 Å². The molecule has 0 saturated heterocycles. The largest absolute Gasteiger partial charge is 0.491 e. The average Bonchev–Trinajstić information content (AvgIpc) is 2.49. The molecule has 108 valence electrons. The number of hydrogen-bond donors (Lipinski definition) is 1. The Morgan fingerprint density at radius 3 is 2.10 bits per heavy atom. The van der Waals surface area contributed by atoms with Gasteiger partial charge in [0.25, 0.3) is 0 Å². The third-order valence-corrected chi connectivity index (χ3v) is 3.15. The van der Waals surface area contributed by atoms with E-state index in [0.29, 0.717) is 5.56 Å². The maximum absolute atomic E-state index is 8.81. The molecule has 0 aliphatic heterocycles. The summed E-state index contributed by atoms with van der Waals surface area (Å²) in [6, 6.07) is 17.9. The minimum Gasteiger partial charge on any atom is -0.491 e. The Bertz CT molecular complexity index is 609. The number of rotatable bonds is 5. The number of hydrogen-bond acceptors (Lipinski definition) is 3. The molecule has 0 radical (unpaired) electrons. The van der Waals surface area contributed by atoms with Crippen LogP contribution in [0.25, 0.3) is 0 Å². The highest BCUT2D eigenvalue weighted by molar-refractivity contribution is 5.48. The molecule has 0 amide bonds. The van der Waals surface area contributed by atoms with Crippen LogP contribution in [0.2, 0.25) is 0 Å². The van der Waals surface area contributed by atoms with Gasteiger partial charge in [-0.15, -0.1) is 0 Å². The van der Waals surface area contributed by atoms with Crippen LogP contribution < -0.4 is 10.1 Å². The molecular formula is C18H20N2O. The maximum Gasteiger partial charge on any atom is 0.119 e. The van der Waals surface area contributed by atoms with Crippen molar-refractivity contribution in [2.45, 2.75) is 32.9 Å². The highest BCUT2D eigenvalue weighted by Gasteiger charge is 2.06. The summed E-state index contributed by atoms with van der Waals surface area (Å²) in [5, 5.41) is 12.3. The van der Waals surface area contributed by atoms with Gasteiger partial charge in [-0.05, 0) is 62.7 Å². The third kappa shape index (κ3) is 4.25. The van der Waals surface area contributed by atoms with Crippen LogP contribution in [-0.4, -0.2) is 6.10 Å². The van der Waals surface area contributed by atoms with E-state index in [4.69, 9.17) is 10.00 Å². The topological polar surface area (TPSA) is 45.0 Å². The zero-order valence-electron chi connectivity index (χ0n) is 12.6. The minimum absolute atomic E-state index is 0.176.